The second-order valence-electron chi connectivity index (χ2n) is 9.29. The third-order valence-electron chi connectivity index (χ3n) is 5.44. The summed E-state index contributed by atoms with van der Waals surface area (Å²) >= 11 is 0. The summed E-state index contributed by atoms with van der Waals surface area (Å²) in [4.78, 5) is 29.2. The first-order valence-electron chi connectivity index (χ1n) is 11.0. The van der Waals surface area contributed by atoms with E-state index < -0.39 is 17.2 Å². The van der Waals surface area contributed by atoms with Gasteiger partial charge in [0.05, 0.1) is 12.1 Å². The molecule has 2 aromatic rings. The molecule has 168 valence electrons. The van der Waals surface area contributed by atoms with Crippen LogP contribution < -0.4 is 10.6 Å². The Balaban J connectivity index is 1.62. The van der Waals surface area contributed by atoms with Crippen LogP contribution in [-0.4, -0.2) is 44.4 Å². The fourth-order valence-corrected chi connectivity index (χ4v) is 3.89. The van der Waals surface area contributed by atoms with Gasteiger partial charge in [-0.05, 0) is 51.3 Å². The van der Waals surface area contributed by atoms with Crippen molar-refractivity contribution in [3.63, 3.8) is 0 Å². The molecule has 1 aromatic heterocycles. The van der Waals surface area contributed by atoms with Gasteiger partial charge in [0, 0.05) is 12.1 Å². The highest BCUT2D eigenvalue weighted by atomic mass is 16.6. The van der Waals surface area contributed by atoms with Crippen LogP contribution in [-0.2, 0) is 11.3 Å². The Morgan fingerprint density at radius 1 is 1.10 bits per heavy atom. The molecule has 2 amide bonds. The van der Waals surface area contributed by atoms with E-state index in [-0.39, 0.29) is 5.91 Å². The van der Waals surface area contributed by atoms with Crippen LogP contribution in [0.4, 0.5) is 4.79 Å². The predicted molar refractivity (Wildman–Crippen MR) is 118 cm³/mol. The van der Waals surface area contributed by atoms with Crippen molar-refractivity contribution in [3.05, 3.63) is 48.0 Å². The highest BCUT2D eigenvalue weighted by Crippen LogP contribution is 2.27. The molecule has 0 bridgehead atoms. The molecule has 0 unspecified atom stereocenters. The summed E-state index contributed by atoms with van der Waals surface area (Å²) in [5.41, 5.74) is 0.576. The van der Waals surface area contributed by atoms with Gasteiger partial charge in [0.25, 0.3) is 5.91 Å². The molecule has 0 aliphatic heterocycles. The van der Waals surface area contributed by atoms with Crippen LogP contribution in [0.5, 0.6) is 0 Å². The van der Waals surface area contributed by atoms with Crippen LogP contribution in [0.1, 0.15) is 75.2 Å². The zero-order valence-electron chi connectivity index (χ0n) is 18.7. The average Bonchev–Trinajstić information content (AvgIpc) is 3.10. The Kier molecular flexibility index (Phi) is 7.30. The molecule has 2 N–H and O–H groups in total. The molecule has 0 atom stereocenters. The van der Waals surface area contributed by atoms with Gasteiger partial charge in [-0.3, -0.25) is 4.79 Å². The minimum absolute atomic E-state index is 0.151. The summed E-state index contributed by atoms with van der Waals surface area (Å²) in [5.74, 6) is -0.151. The maximum atomic E-state index is 12.8. The van der Waals surface area contributed by atoms with E-state index in [2.05, 4.69) is 20.7 Å². The lowest BCUT2D eigenvalue weighted by atomic mass is 9.90. The molecule has 1 heterocycles. The van der Waals surface area contributed by atoms with Crippen molar-refractivity contribution in [2.75, 3.05) is 6.54 Å². The number of nitrogens with zero attached hydrogens (tertiary/aromatic N) is 3. The fourth-order valence-electron chi connectivity index (χ4n) is 3.89. The van der Waals surface area contributed by atoms with Gasteiger partial charge < -0.3 is 15.4 Å². The first kappa shape index (κ1) is 22.8. The van der Waals surface area contributed by atoms with Gasteiger partial charge in [0.15, 0.2) is 0 Å². The van der Waals surface area contributed by atoms with Crippen molar-refractivity contribution >= 4 is 12.0 Å². The number of aromatic nitrogens is 3. The lowest BCUT2D eigenvalue weighted by Gasteiger charge is -2.35. The third kappa shape index (κ3) is 7.08. The lowest BCUT2D eigenvalue weighted by Crippen LogP contribution is -2.56. The van der Waals surface area contributed by atoms with E-state index in [1.165, 1.54) is 6.33 Å². The Labute approximate surface area is 183 Å². The van der Waals surface area contributed by atoms with Crippen molar-refractivity contribution in [1.82, 2.24) is 25.4 Å². The van der Waals surface area contributed by atoms with Gasteiger partial charge in [-0.15, -0.1) is 0 Å². The normalized spacial score (nSPS) is 16.2. The molecule has 0 saturated heterocycles. The topological polar surface area (TPSA) is 98.1 Å². The Bertz CT molecular complexity index is 848. The maximum absolute atomic E-state index is 12.8. The number of carbonyl (C=O) groups excluding carboxylic acids is 2. The Morgan fingerprint density at radius 2 is 1.77 bits per heavy atom. The van der Waals surface area contributed by atoms with E-state index in [0.717, 1.165) is 44.1 Å². The number of ether oxygens (including phenoxy) is 1. The Hall–Kier alpha value is -2.90. The summed E-state index contributed by atoms with van der Waals surface area (Å²) in [6.45, 7) is 6.53. The summed E-state index contributed by atoms with van der Waals surface area (Å²) in [5, 5.41) is 10.2. The van der Waals surface area contributed by atoms with Crippen molar-refractivity contribution in [3.8, 4) is 0 Å². The van der Waals surface area contributed by atoms with Crippen molar-refractivity contribution in [2.45, 2.75) is 77.0 Å². The van der Waals surface area contributed by atoms with Crippen molar-refractivity contribution in [2.24, 2.45) is 0 Å². The van der Waals surface area contributed by atoms with Crippen LogP contribution in [0.3, 0.4) is 0 Å². The first-order valence-corrected chi connectivity index (χ1v) is 11.0. The number of rotatable bonds is 6. The molecule has 1 aliphatic rings. The van der Waals surface area contributed by atoms with Crippen molar-refractivity contribution < 1.29 is 14.3 Å². The standard InChI is InChI=1S/C23H33N5O3/c1-22(2,3)31-21(30)27-23(12-6-4-5-7-13-23)15-25-20(29)19-10-8-18(9-11-19)14-28-17-24-16-26-28/h8-11,16-17H,4-7,12-15H2,1-3H3,(H,25,29)(H,27,30). The molecule has 8 nitrogen and oxygen atoms in total. The summed E-state index contributed by atoms with van der Waals surface area (Å²) in [6, 6.07) is 7.44. The minimum Gasteiger partial charge on any atom is -0.444 e. The summed E-state index contributed by atoms with van der Waals surface area (Å²) < 4.78 is 7.21. The van der Waals surface area contributed by atoms with Gasteiger partial charge in [-0.25, -0.2) is 14.5 Å². The first-order chi connectivity index (χ1) is 14.7. The number of hydrogen-bond donors (Lipinski definition) is 2. The molecule has 0 spiro atoms. The molecule has 1 aromatic carbocycles. The monoisotopic (exact) mass is 427 g/mol. The van der Waals surface area contributed by atoms with Crippen LogP contribution >= 0.6 is 0 Å². The largest absolute Gasteiger partial charge is 0.444 e. The smallest absolute Gasteiger partial charge is 0.408 e. The van der Waals surface area contributed by atoms with E-state index in [4.69, 9.17) is 4.74 Å². The number of nitrogens with one attached hydrogen (secondary N) is 2. The molecule has 0 radical (unpaired) electrons. The highest BCUT2D eigenvalue weighted by molar-refractivity contribution is 5.94. The predicted octanol–water partition coefficient (Wildman–Crippen LogP) is 3.67. The van der Waals surface area contributed by atoms with E-state index in [1.54, 1.807) is 11.0 Å². The molecule has 31 heavy (non-hydrogen) atoms. The third-order valence-corrected chi connectivity index (χ3v) is 5.44. The van der Waals surface area contributed by atoms with E-state index >= 15 is 0 Å². The quantitative estimate of drug-likeness (QED) is 0.686. The van der Waals surface area contributed by atoms with Gasteiger partial charge in [0.2, 0.25) is 0 Å². The molecular formula is C23H33N5O3. The second-order valence-corrected chi connectivity index (χ2v) is 9.29. The number of amides is 2. The van der Waals surface area contributed by atoms with Crippen molar-refractivity contribution in [1.29, 1.82) is 0 Å². The molecule has 1 saturated carbocycles. The number of alkyl carbamates (subject to hydrolysis) is 1. The minimum atomic E-state index is -0.562. The van der Waals surface area contributed by atoms with Crippen LogP contribution in [0.15, 0.2) is 36.9 Å². The van der Waals surface area contributed by atoms with E-state index in [9.17, 15) is 9.59 Å². The SMILES string of the molecule is CC(C)(C)OC(=O)NC1(CNC(=O)c2ccc(Cn3cncn3)cc2)CCCCCC1. The highest BCUT2D eigenvalue weighted by Gasteiger charge is 2.34. The molecule has 3 rings (SSSR count). The van der Waals surface area contributed by atoms with Gasteiger partial charge in [-0.1, -0.05) is 37.8 Å². The fraction of sp³-hybridized carbons (Fsp3) is 0.565. The molecule has 1 aliphatic carbocycles. The molecule has 8 heteroatoms. The van der Waals surface area contributed by atoms with Crippen LogP contribution in [0.2, 0.25) is 0 Å². The maximum Gasteiger partial charge on any atom is 0.408 e. The van der Waals surface area contributed by atoms with Crippen LogP contribution in [0.25, 0.3) is 0 Å². The molecule has 1 fully saturated rings. The van der Waals surface area contributed by atoms with E-state index in [0.29, 0.717) is 18.7 Å². The summed E-state index contributed by atoms with van der Waals surface area (Å²) in [7, 11) is 0. The average molecular weight is 428 g/mol. The van der Waals surface area contributed by atoms with Crippen LogP contribution in [0, 0.1) is 0 Å². The number of benzene rings is 1. The van der Waals surface area contributed by atoms with Gasteiger partial charge in [-0.2, -0.15) is 5.10 Å². The number of carbonyl (C=O) groups is 2. The molecular weight excluding hydrogens is 394 g/mol. The Morgan fingerprint density at radius 3 is 2.35 bits per heavy atom. The lowest BCUT2D eigenvalue weighted by molar-refractivity contribution is 0.0437. The zero-order valence-corrected chi connectivity index (χ0v) is 18.7. The number of hydrogen-bond acceptors (Lipinski definition) is 5. The zero-order chi connectivity index (χ0) is 22.3. The van der Waals surface area contributed by atoms with Gasteiger partial charge >= 0.3 is 6.09 Å². The van der Waals surface area contributed by atoms with Gasteiger partial charge in [0.1, 0.15) is 18.3 Å². The summed E-state index contributed by atoms with van der Waals surface area (Å²) in [6.07, 6.45) is 8.68. The second kappa shape index (κ2) is 9.94. The van der Waals surface area contributed by atoms with E-state index in [1.807, 2.05) is 45.0 Å².